The summed E-state index contributed by atoms with van der Waals surface area (Å²) in [4.78, 5) is 28.1. The van der Waals surface area contributed by atoms with Gasteiger partial charge in [0.05, 0.1) is 0 Å². The molecule has 0 radical (unpaired) electrons. The Labute approximate surface area is 267 Å². The summed E-state index contributed by atoms with van der Waals surface area (Å²) in [5, 5.41) is 0. The van der Waals surface area contributed by atoms with Crippen molar-refractivity contribution in [1.29, 1.82) is 0 Å². The van der Waals surface area contributed by atoms with Crippen molar-refractivity contribution in [2.45, 2.75) is 46.8 Å². The van der Waals surface area contributed by atoms with Crippen molar-refractivity contribution in [3.05, 3.63) is 120 Å². The summed E-state index contributed by atoms with van der Waals surface area (Å²) in [6.45, 7) is 10.4. The lowest BCUT2D eigenvalue weighted by Crippen LogP contribution is -2.46. The number of piperidine rings is 2. The SMILES string of the molecule is CC1(C)CN(c2ccc(OCc3ccccc3)cc2)CCC1=O.CC1CN(c2ccc(OCc3ccccc3)cc2)CCC1=O. The van der Waals surface area contributed by atoms with Crippen LogP contribution in [0.15, 0.2) is 109 Å². The molecule has 0 spiro atoms. The van der Waals surface area contributed by atoms with Gasteiger partial charge in [-0.15, -0.1) is 0 Å². The second-order valence-electron chi connectivity index (χ2n) is 12.6. The standard InChI is InChI=1S/C20H23NO2.C19H21NO2/c1-20(2)15-21(13-12-19(20)22)17-8-10-18(11-9-17)23-14-16-6-4-3-5-7-16;1-15-13-20(12-11-19(15)21)17-7-9-18(10-8-17)22-14-16-5-3-2-4-6-16/h3-11H,12-15H2,1-2H3;2-10,15H,11-14H2,1H3. The van der Waals surface area contributed by atoms with Crippen LogP contribution < -0.4 is 19.3 Å². The number of rotatable bonds is 8. The molecule has 6 nitrogen and oxygen atoms in total. The van der Waals surface area contributed by atoms with Crippen molar-refractivity contribution >= 4 is 22.9 Å². The van der Waals surface area contributed by atoms with Gasteiger partial charge in [0.25, 0.3) is 0 Å². The zero-order valence-corrected chi connectivity index (χ0v) is 26.7. The van der Waals surface area contributed by atoms with E-state index < -0.39 is 0 Å². The number of anilines is 2. The van der Waals surface area contributed by atoms with Crippen LogP contribution >= 0.6 is 0 Å². The van der Waals surface area contributed by atoms with E-state index in [1.165, 1.54) is 0 Å². The van der Waals surface area contributed by atoms with Gasteiger partial charge in [-0.2, -0.15) is 0 Å². The first kappa shape index (κ1) is 31.8. The van der Waals surface area contributed by atoms with Gasteiger partial charge in [-0.25, -0.2) is 0 Å². The molecule has 4 aromatic carbocycles. The molecule has 0 saturated carbocycles. The second-order valence-corrected chi connectivity index (χ2v) is 12.6. The summed E-state index contributed by atoms with van der Waals surface area (Å²) in [5.74, 6) is 2.59. The molecule has 0 N–H and O–H groups in total. The monoisotopic (exact) mass is 604 g/mol. The number of carbonyl (C=O) groups is 2. The minimum atomic E-state index is -0.263. The summed E-state index contributed by atoms with van der Waals surface area (Å²) in [6.07, 6.45) is 1.27. The third-order valence-corrected chi connectivity index (χ3v) is 8.52. The Morgan fingerprint density at radius 3 is 1.58 bits per heavy atom. The molecule has 6 heteroatoms. The molecular formula is C39H44N2O4. The molecule has 2 fully saturated rings. The van der Waals surface area contributed by atoms with Gasteiger partial charge in [0.1, 0.15) is 36.3 Å². The highest BCUT2D eigenvalue weighted by Gasteiger charge is 2.34. The van der Waals surface area contributed by atoms with Gasteiger partial charge in [-0.05, 0) is 59.7 Å². The minimum absolute atomic E-state index is 0.128. The third kappa shape index (κ3) is 8.98. The van der Waals surface area contributed by atoms with Crippen molar-refractivity contribution in [1.82, 2.24) is 0 Å². The number of hydrogen-bond donors (Lipinski definition) is 0. The van der Waals surface area contributed by atoms with Crippen molar-refractivity contribution in [3.63, 3.8) is 0 Å². The lowest BCUT2D eigenvalue weighted by atomic mass is 9.82. The van der Waals surface area contributed by atoms with Gasteiger partial charge in [0, 0.05) is 61.7 Å². The van der Waals surface area contributed by atoms with Gasteiger partial charge in [0.2, 0.25) is 0 Å². The fourth-order valence-corrected chi connectivity index (χ4v) is 5.68. The highest BCUT2D eigenvalue weighted by Crippen LogP contribution is 2.30. The van der Waals surface area contributed by atoms with Crippen LogP contribution in [0.3, 0.4) is 0 Å². The molecule has 234 valence electrons. The zero-order chi connectivity index (χ0) is 31.6. The first-order valence-electron chi connectivity index (χ1n) is 15.9. The molecule has 0 bridgehead atoms. The van der Waals surface area contributed by atoms with Gasteiger partial charge in [0.15, 0.2) is 0 Å². The first-order valence-corrected chi connectivity index (χ1v) is 15.9. The Kier molecular flexibility index (Phi) is 10.6. The molecule has 6 rings (SSSR count). The maximum atomic E-state index is 11.9. The Morgan fingerprint density at radius 2 is 1.11 bits per heavy atom. The molecule has 0 amide bonds. The van der Waals surface area contributed by atoms with Crippen LogP contribution in [0, 0.1) is 11.3 Å². The summed E-state index contributed by atoms with van der Waals surface area (Å²) in [7, 11) is 0. The highest BCUT2D eigenvalue weighted by molar-refractivity contribution is 5.86. The van der Waals surface area contributed by atoms with Crippen LogP contribution in [0.1, 0.15) is 44.7 Å². The van der Waals surface area contributed by atoms with E-state index in [0.29, 0.717) is 37.6 Å². The van der Waals surface area contributed by atoms with E-state index in [2.05, 4.69) is 58.3 Å². The van der Waals surface area contributed by atoms with Crippen LogP contribution in [-0.4, -0.2) is 37.7 Å². The Morgan fingerprint density at radius 1 is 0.644 bits per heavy atom. The van der Waals surface area contributed by atoms with E-state index in [-0.39, 0.29) is 11.3 Å². The molecule has 2 aliphatic heterocycles. The summed E-state index contributed by atoms with van der Waals surface area (Å²) in [6, 6.07) is 36.6. The fraction of sp³-hybridized carbons (Fsp3) is 0.333. The Bertz CT molecular complexity index is 1520. The zero-order valence-electron chi connectivity index (χ0n) is 26.7. The van der Waals surface area contributed by atoms with E-state index in [4.69, 9.17) is 9.47 Å². The molecule has 45 heavy (non-hydrogen) atoms. The lowest BCUT2D eigenvalue weighted by molar-refractivity contribution is -0.127. The van der Waals surface area contributed by atoms with Crippen LogP contribution in [0.5, 0.6) is 11.5 Å². The van der Waals surface area contributed by atoms with Crippen molar-refractivity contribution in [2.24, 2.45) is 11.3 Å². The number of ketones is 2. The largest absolute Gasteiger partial charge is 0.489 e. The molecule has 1 atom stereocenters. The number of nitrogens with zero attached hydrogens (tertiary/aromatic N) is 2. The van der Waals surface area contributed by atoms with Gasteiger partial charge >= 0.3 is 0 Å². The molecule has 0 aromatic heterocycles. The molecule has 4 aromatic rings. The molecule has 1 unspecified atom stereocenters. The Hall–Kier alpha value is -4.58. The summed E-state index contributed by atoms with van der Waals surface area (Å²) >= 11 is 0. The average molecular weight is 605 g/mol. The predicted molar refractivity (Wildman–Crippen MR) is 181 cm³/mol. The van der Waals surface area contributed by atoms with E-state index in [0.717, 1.165) is 60.2 Å². The van der Waals surface area contributed by atoms with Crippen LogP contribution in [0.4, 0.5) is 11.4 Å². The van der Waals surface area contributed by atoms with Crippen LogP contribution in [-0.2, 0) is 22.8 Å². The van der Waals surface area contributed by atoms with Crippen molar-refractivity contribution in [3.8, 4) is 11.5 Å². The Balaban J connectivity index is 0.000000178. The fourth-order valence-electron chi connectivity index (χ4n) is 5.68. The topological polar surface area (TPSA) is 59.1 Å². The molecular weight excluding hydrogens is 560 g/mol. The van der Waals surface area contributed by atoms with Gasteiger partial charge in [-0.3, -0.25) is 9.59 Å². The normalized spacial score (nSPS) is 17.7. The maximum absolute atomic E-state index is 11.9. The second kappa shape index (κ2) is 14.9. The van der Waals surface area contributed by atoms with E-state index in [1.807, 2.05) is 81.4 Å². The molecule has 2 heterocycles. The van der Waals surface area contributed by atoms with Gasteiger partial charge < -0.3 is 19.3 Å². The number of benzene rings is 4. The number of Topliss-reactive ketones (excluding diaryl/α,β-unsaturated/α-hetero) is 2. The summed E-state index contributed by atoms with van der Waals surface area (Å²) in [5.41, 5.74) is 4.37. The quantitative estimate of drug-likeness (QED) is 0.205. The summed E-state index contributed by atoms with van der Waals surface area (Å²) < 4.78 is 11.6. The number of hydrogen-bond acceptors (Lipinski definition) is 6. The van der Waals surface area contributed by atoms with Gasteiger partial charge in [-0.1, -0.05) is 81.4 Å². The van der Waals surface area contributed by atoms with E-state index in [9.17, 15) is 9.59 Å². The average Bonchev–Trinajstić information content (AvgIpc) is 3.07. The van der Waals surface area contributed by atoms with Crippen LogP contribution in [0.2, 0.25) is 0 Å². The van der Waals surface area contributed by atoms with E-state index >= 15 is 0 Å². The van der Waals surface area contributed by atoms with Crippen LogP contribution in [0.25, 0.3) is 0 Å². The van der Waals surface area contributed by atoms with E-state index in [1.54, 1.807) is 0 Å². The molecule has 2 aliphatic rings. The number of carbonyl (C=O) groups excluding carboxylic acids is 2. The van der Waals surface area contributed by atoms with Crippen molar-refractivity contribution < 1.29 is 19.1 Å². The smallest absolute Gasteiger partial charge is 0.142 e. The predicted octanol–water partition coefficient (Wildman–Crippen LogP) is 7.75. The third-order valence-electron chi connectivity index (χ3n) is 8.52. The maximum Gasteiger partial charge on any atom is 0.142 e. The minimum Gasteiger partial charge on any atom is -0.489 e. The molecule has 2 saturated heterocycles. The highest BCUT2D eigenvalue weighted by atomic mass is 16.5. The van der Waals surface area contributed by atoms with Crippen molar-refractivity contribution in [2.75, 3.05) is 36.0 Å². The lowest BCUT2D eigenvalue weighted by Gasteiger charge is -2.38. The first-order chi connectivity index (χ1) is 21.8. The molecule has 0 aliphatic carbocycles. The number of ether oxygens (including phenoxy) is 2.